The minimum absolute atomic E-state index is 0.142. The largest absolute Gasteiger partial charge is 0.504 e. The quantitative estimate of drug-likeness (QED) is 0.298. The molecule has 0 spiro atoms. The van der Waals surface area contributed by atoms with E-state index in [4.69, 9.17) is 5.21 Å². The molecule has 0 aliphatic rings. The summed E-state index contributed by atoms with van der Waals surface area (Å²) in [6, 6.07) is 2.57. The highest BCUT2D eigenvalue weighted by Gasteiger charge is 2.17. The van der Waals surface area contributed by atoms with Crippen LogP contribution in [0, 0.1) is 6.92 Å². The van der Waals surface area contributed by atoms with Crippen LogP contribution in [0.1, 0.15) is 16.3 Å². The van der Waals surface area contributed by atoms with Crippen LogP contribution in [-0.2, 0) is 6.42 Å². The molecule has 0 aliphatic heterocycles. The first-order chi connectivity index (χ1) is 9.02. The van der Waals surface area contributed by atoms with E-state index in [9.17, 15) is 15.3 Å². The van der Waals surface area contributed by atoms with Gasteiger partial charge in [0.15, 0.2) is 11.5 Å². The molecular weight excluding hydrogens is 268 g/mol. The van der Waals surface area contributed by atoms with Gasteiger partial charge in [-0.15, -0.1) is 11.3 Å². The number of phenolic OH excluding ortho intramolecular Hbond substituents is 3. The fourth-order valence-corrected chi connectivity index (χ4v) is 2.26. The first-order valence-corrected chi connectivity index (χ1v) is 6.27. The van der Waals surface area contributed by atoms with Gasteiger partial charge in [-0.25, -0.2) is 4.98 Å². The topological polar surface area (TPSA) is 106 Å². The Hall–Kier alpha value is -2.28. The molecule has 0 unspecified atom stereocenters. The van der Waals surface area contributed by atoms with Gasteiger partial charge in [-0.3, -0.25) is 0 Å². The fourth-order valence-electron chi connectivity index (χ4n) is 1.65. The zero-order valence-electron chi connectivity index (χ0n) is 10.0. The molecule has 0 atom stereocenters. The Bertz CT molecular complexity index is 637. The maximum absolute atomic E-state index is 9.74. The molecular formula is C12H12N2O4S. The molecule has 0 aliphatic carbocycles. The third kappa shape index (κ3) is 2.60. The molecule has 4 N–H and O–H groups in total. The van der Waals surface area contributed by atoms with Gasteiger partial charge in [0, 0.05) is 17.4 Å². The number of thiazole rings is 1. The van der Waals surface area contributed by atoms with E-state index in [0.717, 1.165) is 5.01 Å². The van der Waals surface area contributed by atoms with Gasteiger partial charge in [-0.2, -0.15) is 0 Å². The van der Waals surface area contributed by atoms with Crippen LogP contribution in [0.4, 0.5) is 0 Å². The number of phenols is 3. The van der Waals surface area contributed by atoms with Crippen LogP contribution in [0.5, 0.6) is 17.2 Å². The predicted molar refractivity (Wildman–Crippen MR) is 70.3 cm³/mol. The van der Waals surface area contributed by atoms with Crippen LogP contribution in [-0.4, -0.2) is 31.2 Å². The SMILES string of the molecule is Cc1nc(C/C(=N\O)c2ccc(O)c(O)c2O)cs1. The number of aromatic hydroxyl groups is 3. The smallest absolute Gasteiger partial charge is 0.200 e. The number of rotatable bonds is 3. The van der Waals surface area contributed by atoms with Crippen molar-refractivity contribution in [2.75, 3.05) is 0 Å². The monoisotopic (exact) mass is 280 g/mol. The van der Waals surface area contributed by atoms with Crippen molar-refractivity contribution < 1.29 is 20.5 Å². The highest BCUT2D eigenvalue weighted by molar-refractivity contribution is 7.09. The molecule has 0 saturated carbocycles. The molecule has 6 nitrogen and oxygen atoms in total. The van der Waals surface area contributed by atoms with Crippen LogP contribution in [0.15, 0.2) is 22.7 Å². The van der Waals surface area contributed by atoms with Crippen molar-refractivity contribution in [1.29, 1.82) is 0 Å². The third-order valence-electron chi connectivity index (χ3n) is 2.58. The summed E-state index contributed by atoms with van der Waals surface area (Å²) < 4.78 is 0. The Labute approximate surface area is 112 Å². The maximum Gasteiger partial charge on any atom is 0.200 e. The van der Waals surface area contributed by atoms with Crippen molar-refractivity contribution in [2.45, 2.75) is 13.3 Å². The Morgan fingerprint density at radius 2 is 2.00 bits per heavy atom. The molecule has 2 aromatic rings. The number of aromatic nitrogens is 1. The summed E-state index contributed by atoms with van der Waals surface area (Å²) in [7, 11) is 0. The molecule has 1 aromatic heterocycles. The zero-order valence-corrected chi connectivity index (χ0v) is 10.8. The van der Waals surface area contributed by atoms with Crippen LogP contribution in [0.25, 0.3) is 0 Å². The lowest BCUT2D eigenvalue weighted by Gasteiger charge is -2.08. The Morgan fingerprint density at radius 1 is 1.26 bits per heavy atom. The van der Waals surface area contributed by atoms with E-state index < -0.39 is 17.2 Å². The Kier molecular flexibility index (Phi) is 3.57. The van der Waals surface area contributed by atoms with Gasteiger partial charge in [0.2, 0.25) is 5.75 Å². The van der Waals surface area contributed by atoms with E-state index in [2.05, 4.69) is 10.1 Å². The summed E-state index contributed by atoms with van der Waals surface area (Å²) in [6.07, 6.45) is 0.207. The van der Waals surface area contributed by atoms with E-state index in [1.165, 1.54) is 23.5 Å². The van der Waals surface area contributed by atoms with E-state index in [0.29, 0.717) is 5.69 Å². The molecule has 1 heterocycles. The number of hydrogen-bond acceptors (Lipinski definition) is 7. The lowest BCUT2D eigenvalue weighted by atomic mass is 10.0. The first kappa shape index (κ1) is 13.2. The lowest BCUT2D eigenvalue weighted by molar-refractivity contribution is 0.317. The second-order valence-electron chi connectivity index (χ2n) is 3.91. The first-order valence-electron chi connectivity index (χ1n) is 5.39. The van der Waals surface area contributed by atoms with Gasteiger partial charge in [-0.05, 0) is 19.1 Å². The van der Waals surface area contributed by atoms with Gasteiger partial charge in [-0.1, -0.05) is 5.16 Å². The van der Waals surface area contributed by atoms with Gasteiger partial charge < -0.3 is 20.5 Å². The van der Waals surface area contributed by atoms with Gasteiger partial charge in [0.05, 0.1) is 16.4 Å². The average molecular weight is 280 g/mol. The van der Waals surface area contributed by atoms with E-state index >= 15 is 0 Å². The lowest BCUT2D eigenvalue weighted by Crippen LogP contribution is -2.06. The molecule has 19 heavy (non-hydrogen) atoms. The van der Waals surface area contributed by atoms with Crippen molar-refractivity contribution in [2.24, 2.45) is 5.16 Å². The summed E-state index contributed by atoms with van der Waals surface area (Å²) in [6.45, 7) is 1.85. The highest BCUT2D eigenvalue weighted by atomic mass is 32.1. The van der Waals surface area contributed by atoms with E-state index in [1.807, 2.05) is 12.3 Å². The molecule has 0 amide bonds. The van der Waals surface area contributed by atoms with Crippen LogP contribution in [0.2, 0.25) is 0 Å². The summed E-state index contributed by atoms with van der Waals surface area (Å²) >= 11 is 1.46. The second-order valence-corrected chi connectivity index (χ2v) is 4.97. The molecule has 0 fully saturated rings. The second kappa shape index (κ2) is 5.15. The van der Waals surface area contributed by atoms with Crippen molar-refractivity contribution in [3.63, 3.8) is 0 Å². The van der Waals surface area contributed by atoms with Crippen molar-refractivity contribution in [3.05, 3.63) is 33.8 Å². The Balaban J connectivity index is 2.36. The molecule has 1 aromatic carbocycles. The summed E-state index contributed by atoms with van der Waals surface area (Å²) in [5.74, 6) is -1.61. The van der Waals surface area contributed by atoms with E-state index in [1.54, 1.807) is 0 Å². The maximum atomic E-state index is 9.74. The van der Waals surface area contributed by atoms with Crippen molar-refractivity contribution >= 4 is 17.0 Å². The van der Waals surface area contributed by atoms with Crippen LogP contribution in [0.3, 0.4) is 0 Å². The number of benzene rings is 1. The predicted octanol–water partition coefficient (Wildman–Crippen LogP) is 1.99. The summed E-state index contributed by atoms with van der Waals surface area (Å²) in [5, 5.41) is 43.3. The zero-order chi connectivity index (χ0) is 14.0. The summed E-state index contributed by atoms with van der Waals surface area (Å²) in [5.41, 5.74) is 0.990. The molecule has 100 valence electrons. The van der Waals surface area contributed by atoms with Crippen LogP contribution < -0.4 is 0 Å². The summed E-state index contributed by atoms with van der Waals surface area (Å²) in [4.78, 5) is 4.23. The minimum Gasteiger partial charge on any atom is -0.504 e. The highest BCUT2D eigenvalue weighted by Crippen LogP contribution is 2.37. The standard InChI is InChI=1S/C12H12N2O4S/c1-6-13-7(5-19-6)4-9(14-18)8-2-3-10(15)12(17)11(8)16/h2-3,5,15-18H,4H2,1H3/b14-9+. The third-order valence-corrected chi connectivity index (χ3v) is 3.40. The minimum atomic E-state index is -0.645. The average Bonchev–Trinajstić information content (AvgIpc) is 2.80. The van der Waals surface area contributed by atoms with Crippen molar-refractivity contribution in [3.8, 4) is 17.2 Å². The molecule has 0 bridgehead atoms. The van der Waals surface area contributed by atoms with E-state index in [-0.39, 0.29) is 17.7 Å². The number of oxime groups is 1. The molecule has 0 radical (unpaired) electrons. The number of nitrogens with zero attached hydrogens (tertiary/aromatic N) is 2. The molecule has 7 heteroatoms. The number of aryl methyl sites for hydroxylation is 1. The van der Waals surface area contributed by atoms with Crippen LogP contribution >= 0.6 is 11.3 Å². The molecule has 2 rings (SSSR count). The van der Waals surface area contributed by atoms with Gasteiger partial charge in [0.1, 0.15) is 0 Å². The Morgan fingerprint density at radius 3 is 2.58 bits per heavy atom. The van der Waals surface area contributed by atoms with Gasteiger partial charge in [0.25, 0.3) is 0 Å². The fraction of sp³-hybridized carbons (Fsp3) is 0.167. The van der Waals surface area contributed by atoms with Gasteiger partial charge >= 0.3 is 0 Å². The molecule has 0 saturated heterocycles. The van der Waals surface area contributed by atoms with Crippen molar-refractivity contribution in [1.82, 2.24) is 4.98 Å². The number of hydrogen-bond donors (Lipinski definition) is 4. The normalized spacial score (nSPS) is 11.7.